The lowest BCUT2D eigenvalue weighted by atomic mass is 10.00. The third-order valence-electron chi connectivity index (χ3n) is 2.23. The van der Waals surface area contributed by atoms with E-state index < -0.39 is 17.7 Å². The largest absolute Gasteiger partial charge is 0.481 e. The van der Waals surface area contributed by atoms with Crippen LogP contribution in [0.15, 0.2) is 12.1 Å². The van der Waals surface area contributed by atoms with Crippen molar-refractivity contribution < 1.29 is 14.3 Å². The van der Waals surface area contributed by atoms with E-state index in [1.54, 1.807) is 19.9 Å². The summed E-state index contributed by atoms with van der Waals surface area (Å²) in [6.07, 6.45) is 0.357. The van der Waals surface area contributed by atoms with Gasteiger partial charge < -0.3 is 5.11 Å². The molecule has 2 nitrogen and oxygen atoms in total. The molecule has 0 aliphatic rings. The molecule has 0 aromatic heterocycles. The number of benzene rings is 1. The Morgan fingerprint density at radius 1 is 1.60 bits per heavy atom. The van der Waals surface area contributed by atoms with Gasteiger partial charge in [-0.3, -0.25) is 4.79 Å². The van der Waals surface area contributed by atoms with Crippen molar-refractivity contribution in [3.05, 3.63) is 34.1 Å². The molecule has 0 fully saturated rings. The van der Waals surface area contributed by atoms with Crippen molar-refractivity contribution >= 4 is 17.6 Å². The molecule has 1 rings (SSSR count). The molecular formula is C11H12ClFO2. The van der Waals surface area contributed by atoms with E-state index >= 15 is 0 Å². The second-order valence-electron chi connectivity index (χ2n) is 3.65. The molecule has 1 unspecified atom stereocenters. The maximum Gasteiger partial charge on any atom is 0.306 e. The Bertz CT molecular complexity index is 367. The van der Waals surface area contributed by atoms with E-state index in [2.05, 4.69) is 0 Å². The van der Waals surface area contributed by atoms with Crippen LogP contribution >= 0.6 is 11.6 Å². The van der Waals surface area contributed by atoms with E-state index in [1.807, 2.05) is 0 Å². The summed E-state index contributed by atoms with van der Waals surface area (Å²) < 4.78 is 13.2. The fraction of sp³-hybridized carbons (Fsp3) is 0.364. The van der Waals surface area contributed by atoms with Crippen LogP contribution in [0.2, 0.25) is 5.02 Å². The minimum absolute atomic E-state index is 0.0441. The Kier molecular flexibility index (Phi) is 3.69. The van der Waals surface area contributed by atoms with E-state index in [0.29, 0.717) is 12.0 Å². The van der Waals surface area contributed by atoms with Crippen LogP contribution in [0.25, 0.3) is 0 Å². The minimum Gasteiger partial charge on any atom is -0.481 e. The standard InChI is InChI=1S/C11H12ClFO2/c1-6-3-8(4-7(2)11(14)15)5-9(12)10(6)13/h3,5,7H,4H2,1-2H3,(H,14,15). The summed E-state index contributed by atoms with van der Waals surface area (Å²) in [5.74, 6) is -1.80. The number of rotatable bonds is 3. The molecule has 0 amide bonds. The summed E-state index contributed by atoms with van der Waals surface area (Å²) >= 11 is 5.66. The molecule has 4 heteroatoms. The first-order valence-electron chi connectivity index (χ1n) is 4.59. The van der Waals surface area contributed by atoms with Gasteiger partial charge in [-0.15, -0.1) is 0 Å². The van der Waals surface area contributed by atoms with Crippen LogP contribution in [-0.4, -0.2) is 11.1 Å². The zero-order valence-corrected chi connectivity index (χ0v) is 9.31. The number of hydrogen-bond donors (Lipinski definition) is 1. The minimum atomic E-state index is -0.867. The predicted molar refractivity (Wildman–Crippen MR) is 56.7 cm³/mol. The molecule has 0 heterocycles. The van der Waals surface area contributed by atoms with Gasteiger partial charge >= 0.3 is 5.97 Å². The maximum atomic E-state index is 13.2. The molecule has 1 N–H and O–H groups in total. The van der Waals surface area contributed by atoms with E-state index in [0.717, 1.165) is 5.56 Å². The van der Waals surface area contributed by atoms with E-state index in [-0.39, 0.29) is 5.02 Å². The Balaban J connectivity index is 2.92. The van der Waals surface area contributed by atoms with Gasteiger partial charge in [0.15, 0.2) is 0 Å². The van der Waals surface area contributed by atoms with Gasteiger partial charge in [-0.25, -0.2) is 4.39 Å². The van der Waals surface area contributed by atoms with Gasteiger partial charge in [-0.2, -0.15) is 0 Å². The number of hydrogen-bond acceptors (Lipinski definition) is 1. The smallest absolute Gasteiger partial charge is 0.306 e. The highest BCUT2D eigenvalue weighted by Crippen LogP contribution is 2.22. The average Bonchev–Trinajstić information content (AvgIpc) is 2.13. The van der Waals surface area contributed by atoms with E-state index in [1.165, 1.54) is 6.07 Å². The molecule has 0 saturated heterocycles. The summed E-state index contributed by atoms with van der Waals surface area (Å²) in [4.78, 5) is 10.6. The molecule has 0 aliphatic carbocycles. The summed E-state index contributed by atoms with van der Waals surface area (Å²) in [5.41, 5.74) is 1.18. The van der Waals surface area contributed by atoms with Gasteiger partial charge in [0.2, 0.25) is 0 Å². The molecule has 82 valence electrons. The van der Waals surface area contributed by atoms with E-state index in [9.17, 15) is 9.18 Å². The first kappa shape index (κ1) is 12.0. The Morgan fingerprint density at radius 3 is 2.67 bits per heavy atom. The summed E-state index contributed by atoms with van der Waals surface area (Å²) in [5, 5.41) is 8.77. The third kappa shape index (κ3) is 2.93. The molecular weight excluding hydrogens is 219 g/mol. The summed E-state index contributed by atoms with van der Waals surface area (Å²) in [7, 11) is 0. The Labute approximate surface area is 92.7 Å². The molecule has 0 aliphatic heterocycles. The second kappa shape index (κ2) is 4.62. The van der Waals surface area contributed by atoms with Gasteiger partial charge in [0.05, 0.1) is 10.9 Å². The van der Waals surface area contributed by atoms with Gasteiger partial charge in [0, 0.05) is 0 Å². The number of aryl methyl sites for hydroxylation is 1. The van der Waals surface area contributed by atoms with Crippen molar-refractivity contribution in [1.29, 1.82) is 0 Å². The van der Waals surface area contributed by atoms with Crippen LogP contribution in [0.4, 0.5) is 4.39 Å². The highest BCUT2D eigenvalue weighted by Gasteiger charge is 2.13. The molecule has 0 spiro atoms. The van der Waals surface area contributed by atoms with Crippen molar-refractivity contribution in [2.24, 2.45) is 5.92 Å². The van der Waals surface area contributed by atoms with Gasteiger partial charge in [-0.1, -0.05) is 24.6 Å². The molecule has 0 saturated carbocycles. The highest BCUT2D eigenvalue weighted by molar-refractivity contribution is 6.30. The first-order valence-corrected chi connectivity index (χ1v) is 4.97. The van der Waals surface area contributed by atoms with E-state index in [4.69, 9.17) is 16.7 Å². The molecule has 0 radical (unpaired) electrons. The highest BCUT2D eigenvalue weighted by atomic mass is 35.5. The zero-order valence-electron chi connectivity index (χ0n) is 8.55. The second-order valence-corrected chi connectivity index (χ2v) is 4.06. The van der Waals surface area contributed by atoms with Crippen molar-refractivity contribution in [2.75, 3.05) is 0 Å². The molecule has 1 aromatic rings. The first-order chi connectivity index (χ1) is 6.91. The lowest BCUT2D eigenvalue weighted by molar-refractivity contribution is -0.141. The van der Waals surface area contributed by atoms with Crippen molar-refractivity contribution in [3.8, 4) is 0 Å². The van der Waals surface area contributed by atoms with Gasteiger partial charge in [0.25, 0.3) is 0 Å². The summed E-state index contributed by atoms with van der Waals surface area (Å²) in [6, 6.07) is 3.10. The van der Waals surface area contributed by atoms with Crippen molar-refractivity contribution in [2.45, 2.75) is 20.3 Å². The fourth-order valence-corrected chi connectivity index (χ4v) is 1.65. The quantitative estimate of drug-likeness (QED) is 0.867. The molecule has 0 bridgehead atoms. The normalized spacial score (nSPS) is 12.5. The van der Waals surface area contributed by atoms with Crippen LogP contribution in [-0.2, 0) is 11.2 Å². The number of carbonyl (C=O) groups is 1. The summed E-state index contributed by atoms with van der Waals surface area (Å²) in [6.45, 7) is 3.21. The van der Waals surface area contributed by atoms with Gasteiger partial charge in [0.1, 0.15) is 5.82 Å². The lowest BCUT2D eigenvalue weighted by Gasteiger charge is -2.08. The molecule has 1 atom stereocenters. The number of carboxylic acids is 1. The molecule has 15 heavy (non-hydrogen) atoms. The van der Waals surface area contributed by atoms with Crippen LogP contribution in [0, 0.1) is 18.7 Å². The van der Waals surface area contributed by atoms with Crippen LogP contribution in [0.5, 0.6) is 0 Å². The monoisotopic (exact) mass is 230 g/mol. The number of halogens is 2. The fourth-order valence-electron chi connectivity index (χ4n) is 1.36. The zero-order chi connectivity index (χ0) is 11.6. The van der Waals surface area contributed by atoms with Crippen LogP contribution in [0.3, 0.4) is 0 Å². The van der Waals surface area contributed by atoms with Crippen LogP contribution < -0.4 is 0 Å². The number of carboxylic acid groups (broad SMARTS) is 1. The van der Waals surface area contributed by atoms with Gasteiger partial charge in [-0.05, 0) is 30.5 Å². The predicted octanol–water partition coefficient (Wildman–Crippen LogP) is 3.05. The lowest BCUT2D eigenvalue weighted by Crippen LogP contribution is -2.12. The SMILES string of the molecule is Cc1cc(CC(C)C(=O)O)cc(Cl)c1F. The Morgan fingerprint density at radius 2 is 2.20 bits per heavy atom. The molecule has 1 aromatic carbocycles. The third-order valence-corrected chi connectivity index (χ3v) is 2.51. The maximum absolute atomic E-state index is 13.2. The van der Waals surface area contributed by atoms with Crippen molar-refractivity contribution in [1.82, 2.24) is 0 Å². The number of aliphatic carboxylic acids is 1. The Hall–Kier alpha value is -1.09. The van der Waals surface area contributed by atoms with Crippen LogP contribution in [0.1, 0.15) is 18.1 Å². The average molecular weight is 231 g/mol. The topological polar surface area (TPSA) is 37.3 Å². The van der Waals surface area contributed by atoms with Crippen molar-refractivity contribution in [3.63, 3.8) is 0 Å².